The summed E-state index contributed by atoms with van der Waals surface area (Å²) in [5.74, 6) is 0. The normalized spacial score (nSPS) is 6.00. The zero-order chi connectivity index (χ0) is 4.83. The van der Waals surface area contributed by atoms with Crippen molar-refractivity contribution in [2.24, 2.45) is 0 Å². The molecule has 0 N–H and O–H groups in total. The first-order valence-corrected chi connectivity index (χ1v) is 2.52. The topological polar surface area (TPSA) is 0 Å². The summed E-state index contributed by atoms with van der Waals surface area (Å²) in [5.41, 5.74) is 0. The molecule has 0 aromatic rings. The van der Waals surface area contributed by atoms with E-state index in [9.17, 15) is 0 Å². The van der Waals surface area contributed by atoms with E-state index in [4.69, 9.17) is 0 Å². The van der Waals surface area contributed by atoms with E-state index in [1.807, 2.05) is 0 Å². The molecule has 3 heteroatoms. The van der Waals surface area contributed by atoms with Crippen molar-refractivity contribution < 1.29 is 63.2 Å². The molecule has 0 aromatic heterocycles. The molecule has 0 aliphatic carbocycles. The molecule has 9 heavy (non-hydrogen) atoms. The van der Waals surface area contributed by atoms with E-state index < -0.39 is 0 Å². The first-order valence-electron chi connectivity index (χ1n) is 2.52. The monoisotopic (exact) mass is 636 g/mol. The molecule has 0 aliphatic heterocycles. The fraction of sp³-hybridized carbons (Fsp3) is 0.667. The van der Waals surface area contributed by atoms with Crippen LogP contribution in [0.5, 0.6) is 0 Å². The second kappa shape index (κ2) is 22.5. The van der Waals surface area contributed by atoms with Crippen LogP contribution in [0.2, 0.25) is 0 Å². The van der Waals surface area contributed by atoms with Crippen LogP contribution in [0.15, 0.2) is 0 Å². The second-order valence-corrected chi connectivity index (χ2v) is 1.37. The molecule has 0 saturated carbocycles. The Kier molecular flexibility index (Phi) is 56.1. The summed E-state index contributed by atoms with van der Waals surface area (Å²) < 4.78 is 0. The molecule has 0 bridgehead atoms. The van der Waals surface area contributed by atoms with E-state index in [2.05, 4.69) is 20.3 Å². The van der Waals surface area contributed by atoms with Gasteiger partial charge in [-0.25, -0.2) is 0 Å². The largest absolute Gasteiger partial charge is 0.372 e. The van der Waals surface area contributed by atoms with Gasteiger partial charge in [-0.3, -0.25) is 0 Å². The Morgan fingerprint density at radius 1 is 1.22 bits per heavy atom. The van der Waals surface area contributed by atoms with Crippen LogP contribution in [0, 0.1) is 13.3 Å². The molecular weight excluding hydrogens is 624 g/mol. The number of unbranched alkanes of at least 4 members (excludes halogenated alkanes) is 3. The van der Waals surface area contributed by atoms with E-state index >= 15 is 0 Å². The minimum atomic E-state index is 0. The average molecular weight is 636 g/mol. The minimum absolute atomic E-state index is 0. The molecule has 0 nitrogen and oxygen atoms in total. The van der Waals surface area contributed by atoms with Crippen molar-refractivity contribution in [1.29, 1.82) is 0 Å². The van der Waals surface area contributed by atoms with Gasteiger partial charge in [0.05, 0.1) is 0 Å². The fourth-order valence-corrected chi connectivity index (χ4v) is 0.348. The molecular formula is C6H12W3-2. The predicted molar refractivity (Wildman–Crippen MR) is 29.2 cm³/mol. The number of rotatable bonds is 3. The summed E-state index contributed by atoms with van der Waals surface area (Å²) >= 11 is 0. The van der Waals surface area contributed by atoms with Crippen LogP contribution >= 0.6 is 0 Å². The van der Waals surface area contributed by atoms with Crippen molar-refractivity contribution >= 4 is 0 Å². The summed E-state index contributed by atoms with van der Waals surface area (Å²) in [7, 11) is 0. The Morgan fingerprint density at radius 2 is 1.67 bits per heavy atom. The summed E-state index contributed by atoms with van der Waals surface area (Å²) in [6.45, 7) is 5.84. The van der Waals surface area contributed by atoms with E-state index in [0.717, 1.165) is 6.42 Å². The van der Waals surface area contributed by atoms with Crippen LogP contribution in [0.1, 0.15) is 26.2 Å². The van der Waals surface area contributed by atoms with Gasteiger partial charge in [-0.05, 0) is 0 Å². The maximum atomic E-state index is 3.67. The van der Waals surface area contributed by atoms with Gasteiger partial charge in [0.25, 0.3) is 0 Å². The zero-order valence-corrected chi connectivity index (χ0v) is 14.4. The van der Waals surface area contributed by atoms with Gasteiger partial charge < -0.3 is 19.8 Å². The van der Waals surface area contributed by atoms with Gasteiger partial charge in [0.2, 0.25) is 0 Å². The first kappa shape index (κ1) is 22.5. The van der Waals surface area contributed by atoms with Gasteiger partial charge in [-0.2, -0.15) is 6.42 Å². The van der Waals surface area contributed by atoms with Gasteiger partial charge in [0.1, 0.15) is 0 Å². The number of hydrogen-bond donors (Lipinski definition) is 0. The van der Waals surface area contributed by atoms with Gasteiger partial charge in [0.15, 0.2) is 0 Å². The molecule has 0 fully saturated rings. The SMILES string of the molecule is [CH2-]C[CH-]CCC.[W].[W].[W]. The third-order valence-corrected chi connectivity index (χ3v) is 0.697. The Bertz CT molecular complexity index is 20.3. The van der Waals surface area contributed by atoms with Crippen molar-refractivity contribution in [1.82, 2.24) is 0 Å². The molecule has 0 rings (SSSR count). The Labute approximate surface area is 102 Å². The van der Waals surface area contributed by atoms with Crippen LogP contribution in [-0.4, -0.2) is 0 Å². The minimum Gasteiger partial charge on any atom is -0.372 e. The van der Waals surface area contributed by atoms with Crippen molar-refractivity contribution in [2.45, 2.75) is 26.2 Å². The van der Waals surface area contributed by atoms with Crippen molar-refractivity contribution in [3.63, 3.8) is 0 Å². The van der Waals surface area contributed by atoms with Gasteiger partial charge >= 0.3 is 0 Å². The molecule has 0 heterocycles. The van der Waals surface area contributed by atoms with Gasteiger partial charge in [-0.15, -0.1) is 0 Å². The van der Waals surface area contributed by atoms with Crippen molar-refractivity contribution in [3.05, 3.63) is 13.3 Å². The smallest absolute Gasteiger partial charge is 0 e. The van der Waals surface area contributed by atoms with Crippen LogP contribution < -0.4 is 0 Å². The summed E-state index contributed by atoms with van der Waals surface area (Å²) in [6.07, 6.45) is 5.66. The van der Waals surface area contributed by atoms with E-state index in [-0.39, 0.29) is 63.2 Å². The first-order chi connectivity index (χ1) is 2.91. The Balaban J connectivity index is -0.0000000417. The fourth-order valence-electron chi connectivity index (χ4n) is 0.348. The molecule has 0 saturated heterocycles. The van der Waals surface area contributed by atoms with E-state index in [0.29, 0.717) is 0 Å². The third kappa shape index (κ3) is 25.5. The van der Waals surface area contributed by atoms with Crippen molar-refractivity contribution in [2.75, 3.05) is 0 Å². The molecule has 0 radical (unpaired) electrons. The van der Waals surface area contributed by atoms with Crippen molar-refractivity contribution in [3.8, 4) is 0 Å². The molecule has 56 valence electrons. The van der Waals surface area contributed by atoms with Crippen LogP contribution in [0.3, 0.4) is 0 Å². The van der Waals surface area contributed by atoms with Gasteiger partial charge in [0, 0.05) is 63.2 Å². The van der Waals surface area contributed by atoms with E-state index in [1.165, 1.54) is 12.8 Å². The summed E-state index contributed by atoms with van der Waals surface area (Å²) in [6, 6.07) is 0. The number of hydrogen-bond acceptors (Lipinski definition) is 0. The van der Waals surface area contributed by atoms with Crippen LogP contribution in [0.4, 0.5) is 0 Å². The molecule has 0 atom stereocenters. The third-order valence-electron chi connectivity index (χ3n) is 0.697. The maximum Gasteiger partial charge on any atom is 0 e. The molecule has 0 aliphatic rings. The molecule has 0 unspecified atom stereocenters. The van der Waals surface area contributed by atoms with Crippen LogP contribution in [-0.2, 0) is 63.2 Å². The summed E-state index contributed by atoms with van der Waals surface area (Å²) in [5, 5.41) is 0. The Hall–Kier alpha value is 2.06. The van der Waals surface area contributed by atoms with Crippen LogP contribution in [0.25, 0.3) is 0 Å². The Morgan fingerprint density at radius 3 is 1.78 bits per heavy atom. The summed E-state index contributed by atoms with van der Waals surface area (Å²) in [4.78, 5) is 0. The predicted octanol–water partition coefficient (Wildman–Crippen LogP) is 2.21. The van der Waals surface area contributed by atoms with Gasteiger partial charge in [-0.1, -0.05) is 13.3 Å². The zero-order valence-electron chi connectivity index (χ0n) is 5.63. The van der Waals surface area contributed by atoms with E-state index in [1.54, 1.807) is 0 Å². The standard InChI is InChI=1S/C6H12.3W/c1-3-5-6-4-2;;;/h5H,1,3-4,6H2,2H3;;;/q-2;;;. The molecule has 0 spiro atoms. The second-order valence-electron chi connectivity index (χ2n) is 1.37. The molecule has 0 aromatic carbocycles. The molecule has 0 amide bonds. The average Bonchev–Trinajstić information content (AvgIpc) is 1.61. The maximum absolute atomic E-state index is 3.67. The quantitative estimate of drug-likeness (QED) is 0.330.